The Kier molecular flexibility index (Phi) is 6.98. The maximum absolute atomic E-state index is 13.3. The summed E-state index contributed by atoms with van der Waals surface area (Å²) in [5, 5.41) is 20.4. The number of hydrogen-bond donors (Lipinski definition) is 1. The summed E-state index contributed by atoms with van der Waals surface area (Å²) in [6, 6.07) is 22.1. The Morgan fingerprint density at radius 1 is 0.971 bits per heavy atom. The number of aliphatic hydroxyl groups excluding tert-OH is 1. The van der Waals surface area contributed by atoms with Gasteiger partial charge in [0.15, 0.2) is 0 Å². The molecule has 1 saturated heterocycles. The second-order valence-corrected chi connectivity index (χ2v) is 8.30. The van der Waals surface area contributed by atoms with Crippen molar-refractivity contribution in [3.63, 3.8) is 0 Å². The molecule has 1 N–H and O–H groups in total. The van der Waals surface area contributed by atoms with Gasteiger partial charge in [0.05, 0.1) is 29.9 Å². The van der Waals surface area contributed by atoms with Crippen molar-refractivity contribution in [2.24, 2.45) is 0 Å². The van der Waals surface area contributed by atoms with Crippen molar-refractivity contribution in [1.82, 2.24) is 0 Å². The first kappa shape index (κ1) is 23.8. The Hall–Kier alpha value is -4.37. The van der Waals surface area contributed by atoms with Crippen molar-refractivity contribution < 1.29 is 19.4 Å². The number of ketones is 1. The summed E-state index contributed by atoms with van der Waals surface area (Å²) in [6.07, 6.45) is 1.72. The zero-order valence-electron chi connectivity index (χ0n) is 19.7. The third kappa shape index (κ3) is 4.67. The van der Waals surface area contributed by atoms with Crippen LogP contribution in [-0.2, 0) is 16.0 Å². The molecule has 6 heteroatoms. The van der Waals surface area contributed by atoms with Crippen LogP contribution in [0.1, 0.15) is 48.6 Å². The van der Waals surface area contributed by atoms with Crippen LogP contribution < -0.4 is 9.64 Å². The SMILES string of the molecule is CCCOc1ccc(C2/C(=C(\O)c3ccc(CC)cc3)C(=O)C(=O)N2c2ccc(C#N)cc2)cc1. The predicted molar refractivity (Wildman–Crippen MR) is 134 cm³/mol. The number of rotatable bonds is 7. The molecule has 1 atom stereocenters. The van der Waals surface area contributed by atoms with Gasteiger partial charge in [0, 0.05) is 11.3 Å². The van der Waals surface area contributed by atoms with E-state index in [0.29, 0.717) is 34.7 Å². The van der Waals surface area contributed by atoms with E-state index in [1.165, 1.54) is 4.90 Å². The number of hydrogen-bond acceptors (Lipinski definition) is 5. The number of nitrogens with zero attached hydrogens (tertiary/aromatic N) is 2. The second-order valence-electron chi connectivity index (χ2n) is 8.30. The summed E-state index contributed by atoms with van der Waals surface area (Å²) in [6.45, 7) is 4.63. The van der Waals surface area contributed by atoms with Gasteiger partial charge in [-0.1, -0.05) is 50.2 Å². The Morgan fingerprint density at radius 2 is 1.63 bits per heavy atom. The highest BCUT2D eigenvalue weighted by Gasteiger charge is 2.47. The lowest BCUT2D eigenvalue weighted by atomic mass is 9.94. The van der Waals surface area contributed by atoms with Crippen molar-refractivity contribution in [1.29, 1.82) is 5.26 Å². The lowest BCUT2D eigenvalue weighted by molar-refractivity contribution is -0.132. The van der Waals surface area contributed by atoms with E-state index in [1.807, 2.05) is 26.0 Å². The van der Waals surface area contributed by atoms with Gasteiger partial charge in [-0.3, -0.25) is 14.5 Å². The van der Waals surface area contributed by atoms with E-state index in [1.54, 1.807) is 60.7 Å². The van der Waals surface area contributed by atoms with Crippen LogP contribution in [0.25, 0.3) is 5.76 Å². The fourth-order valence-electron chi connectivity index (χ4n) is 4.13. The maximum Gasteiger partial charge on any atom is 0.300 e. The van der Waals surface area contributed by atoms with Gasteiger partial charge in [0.1, 0.15) is 11.5 Å². The number of carbonyl (C=O) groups excluding carboxylic acids is 2. The first-order valence-corrected chi connectivity index (χ1v) is 11.6. The molecule has 1 heterocycles. The van der Waals surface area contributed by atoms with E-state index in [0.717, 1.165) is 18.4 Å². The van der Waals surface area contributed by atoms with Crippen molar-refractivity contribution in [2.75, 3.05) is 11.5 Å². The number of aliphatic hydroxyl groups is 1. The fraction of sp³-hybridized carbons (Fsp3) is 0.207. The number of aryl methyl sites for hydroxylation is 1. The van der Waals surface area contributed by atoms with Gasteiger partial charge in [-0.05, 0) is 60.4 Å². The quantitative estimate of drug-likeness (QED) is 0.281. The Morgan fingerprint density at radius 3 is 2.20 bits per heavy atom. The average molecular weight is 467 g/mol. The lowest BCUT2D eigenvalue weighted by Crippen LogP contribution is -2.29. The van der Waals surface area contributed by atoms with E-state index in [-0.39, 0.29) is 11.3 Å². The van der Waals surface area contributed by atoms with E-state index in [2.05, 4.69) is 6.07 Å². The molecule has 176 valence electrons. The summed E-state index contributed by atoms with van der Waals surface area (Å²) in [7, 11) is 0. The van der Waals surface area contributed by atoms with E-state index in [9.17, 15) is 14.7 Å². The summed E-state index contributed by atoms with van der Waals surface area (Å²) < 4.78 is 5.68. The van der Waals surface area contributed by atoms with Gasteiger partial charge in [-0.25, -0.2) is 0 Å². The number of amides is 1. The standard InChI is InChI=1S/C29H26N2O4/c1-3-17-35-24-15-11-21(12-16-24)26-25(27(32)22-9-5-19(4-2)6-10-22)28(33)29(34)31(26)23-13-7-20(18-30)8-14-23/h5-16,26,32H,3-4,17H2,1-2H3/b27-25+. The summed E-state index contributed by atoms with van der Waals surface area (Å²) in [4.78, 5) is 27.9. The number of ether oxygens (including phenoxy) is 1. The van der Waals surface area contributed by atoms with Crippen molar-refractivity contribution >= 4 is 23.1 Å². The first-order valence-electron chi connectivity index (χ1n) is 11.6. The number of benzene rings is 3. The molecular weight excluding hydrogens is 440 g/mol. The Bertz CT molecular complexity index is 1300. The smallest absolute Gasteiger partial charge is 0.300 e. The van der Waals surface area contributed by atoms with Crippen LogP contribution in [0, 0.1) is 11.3 Å². The van der Waals surface area contributed by atoms with Crippen LogP contribution in [0.2, 0.25) is 0 Å². The molecule has 1 amide bonds. The number of anilines is 1. The van der Waals surface area contributed by atoms with E-state index < -0.39 is 17.7 Å². The minimum Gasteiger partial charge on any atom is -0.507 e. The van der Waals surface area contributed by atoms with Crippen LogP contribution in [0.3, 0.4) is 0 Å². The molecule has 0 spiro atoms. The summed E-state index contributed by atoms with van der Waals surface area (Å²) in [5.74, 6) is -1.04. The van der Waals surface area contributed by atoms with Crippen LogP contribution in [-0.4, -0.2) is 23.4 Å². The zero-order valence-corrected chi connectivity index (χ0v) is 19.7. The molecule has 35 heavy (non-hydrogen) atoms. The molecule has 0 bridgehead atoms. The highest BCUT2D eigenvalue weighted by atomic mass is 16.5. The highest BCUT2D eigenvalue weighted by molar-refractivity contribution is 6.51. The van der Waals surface area contributed by atoms with Crippen molar-refractivity contribution in [2.45, 2.75) is 32.7 Å². The Balaban J connectivity index is 1.85. The zero-order chi connectivity index (χ0) is 24.9. The average Bonchev–Trinajstić information content (AvgIpc) is 3.17. The molecule has 6 nitrogen and oxygen atoms in total. The molecule has 0 radical (unpaired) electrons. The number of carbonyl (C=O) groups is 2. The molecule has 1 unspecified atom stereocenters. The molecule has 0 aliphatic carbocycles. The normalized spacial score (nSPS) is 16.8. The molecule has 3 aromatic carbocycles. The van der Waals surface area contributed by atoms with Crippen LogP contribution in [0.5, 0.6) is 5.75 Å². The van der Waals surface area contributed by atoms with Gasteiger partial charge < -0.3 is 9.84 Å². The third-order valence-corrected chi connectivity index (χ3v) is 6.02. The predicted octanol–water partition coefficient (Wildman–Crippen LogP) is 5.54. The van der Waals surface area contributed by atoms with Crippen LogP contribution in [0.15, 0.2) is 78.4 Å². The molecular formula is C29H26N2O4. The van der Waals surface area contributed by atoms with Crippen molar-refractivity contribution in [3.05, 3.63) is 101 Å². The first-order chi connectivity index (χ1) is 17.0. The van der Waals surface area contributed by atoms with Crippen LogP contribution in [0.4, 0.5) is 5.69 Å². The minimum absolute atomic E-state index is 0.0193. The van der Waals surface area contributed by atoms with Crippen molar-refractivity contribution in [3.8, 4) is 11.8 Å². The molecule has 1 fully saturated rings. The van der Waals surface area contributed by atoms with Gasteiger partial charge >= 0.3 is 0 Å². The summed E-state index contributed by atoms with van der Waals surface area (Å²) in [5.41, 5.74) is 3.14. The van der Waals surface area contributed by atoms with Gasteiger partial charge in [-0.2, -0.15) is 5.26 Å². The number of nitriles is 1. The Labute approximate surface area is 204 Å². The molecule has 0 aromatic heterocycles. The highest BCUT2D eigenvalue weighted by Crippen LogP contribution is 2.42. The van der Waals surface area contributed by atoms with Gasteiger partial charge in [-0.15, -0.1) is 0 Å². The molecule has 3 aromatic rings. The van der Waals surface area contributed by atoms with E-state index >= 15 is 0 Å². The molecule has 1 aliphatic rings. The monoisotopic (exact) mass is 466 g/mol. The molecule has 0 saturated carbocycles. The molecule has 1 aliphatic heterocycles. The largest absolute Gasteiger partial charge is 0.507 e. The fourth-order valence-corrected chi connectivity index (χ4v) is 4.13. The second kappa shape index (κ2) is 10.3. The summed E-state index contributed by atoms with van der Waals surface area (Å²) >= 11 is 0. The van der Waals surface area contributed by atoms with Gasteiger partial charge in [0.2, 0.25) is 0 Å². The minimum atomic E-state index is -0.839. The number of Topliss-reactive ketones (excluding diaryl/α,β-unsaturated/α-hetero) is 1. The lowest BCUT2D eigenvalue weighted by Gasteiger charge is -2.25. The maximum atomic E-state index is 13.3. The molecule has 4 rings (SSSR count). The van der Waals surface area contributed by atoms with E-state index in [4.69, 9.17) is 10.00 Å². The third-order valence-electron chi connectivity index (χ3n) is 6.02. The van der Waals surface area contributed by atoms with Crippen LogP contribution >= 0.6 is 0 Å². The van der Waals surface area contributed by atoms with Gasteiger partial charge in [0.25, 0.3) is 11.7 Å². The topological polar surface area (TPSA) is 90.6 Å².